The van der Waals surface area contributed by atoms with E-state index in [0.717, 1.165) is 6.07 Å². The van der Waals surface area contributed by atoms with Crippen molar-refractivity contribution in [2.24, 2.45) is 0 Å². The fourth-order valence-corrected chi connectivity index (χ4v) is 4.58. The molecule has 6 nitrogen and oxygen atoms in total. The Labute approximate surface area is 191 Å². The van der Waals surface area contributed by atoms with Crippen LogP contribution in [0.3, 0.4) is 0 Å². The molecule has 0 atom stereocenters. The van der Waals surface area contributed by atoms with Crippen LogP contribution in [-0.4, -0.2) is 23.8 Å². The van der Waals surface area contributed by atoms with E-state index in [1.54, 1.807) is 6.92 Å². The first-order valence-electron chi connectivity index (χ1n) is 9.57. The maximum atomic E-state index is 14.4. The van der Waals surface area contributed by atoms with Gasteiger partial charge in [-0.3, -0.25) is 10.0 Å². The third-order valence-electron chi connectivity index (χ3n) is 4.92. The summed E-state index contributed by atoms with van der Waals surface area (Å²) < 4.78 is 96.6. The Kier molecular flexibility index (Phi) is 7.34. The smallest absolute Gasteiger partial charge is 0.274 e. The molecule has 0 radical (unpaired) electrons. The Bertz CT molecular complexity index is 1350. The minimum Gasteiger partial charge on any atom is -0.288 e. The number of halogens is 5. The molecule has 180 valence electrons. The average Bonchev–Trinajstić information content (AvgIpc) is 2.80. The molecule has 0 aliphatic carbocycles. The molecule has 0 fully saturated rings. The SMILES string of the molecule is Cc1ccc(CN(Cc2ccc(C(=O)NO)cc2)S(=O)(=O)c2cc(F)c(F)c(F)c2F)c(F)c1. The van der Waals surface area contributed by atoms with Crippen LogP contribution in [0.4, 0.5) is 22.0 Å². The summed E-state index contributed by atoms with van der Waals surface area (Å²) in [5.41, 5.74) is 2.11. The van der Waals surface area contributed by atoms with E-state index in [1.807, 2.05) is 0 Å². The zero-order chi connectivity index (χ0) is 25.2. The summed E-state index contributed by atoms with van der Waals surface area (Å²) in [5, 5.41) is 8.69. The maximum Gasteiger partial charge on any atom is 0.274 e. The van der Waals surface area contributed by atoms with Crippen molar-refractivity contribution in [3.63, 3.8) is 0 Å². The molecule has 0 unspecified atom stereocenters. The predicted octanol–water partition coefficient (Wildman–Crippen LogP) is 4.20. The average molecular weight is 500 g/mol. The van der Waals surface area contributed by atoms with E-state index < -0.39 is 63.0 Å². The Balaban J connectivity index is 2.08. The number of aryl methyl sites for hydroxylation is 1. The van der Waals surface area contributed by atoms with Crippen molar-refractivity contribution in [1.29, 1.82) is 0 Å². The highest BCUT2D eigenvalue weighted by Crippen LogP contribution is 2.28. The molecule has 0 spiro atoms. The van der Waals surface area contributed by atoms with E-state index in [0.29, 0.717) is 9.87 Å². The van der Waals surface area contributed by atoms with Crippen molar-refractivity contribution in [3.8, 4) is 0 Å². The van der Waals surface area contributed by atoms with Gasteiger partial charge in [-0.25, -0.2) is 35.8 Å². The first kappa shape index (κ1) is 25.3. The number of carbonyl (C=O) groups is 1. The summed E-state index contributed by atoms with van der Waals surface area (Å²) in [6.45, 7) is 0.412. The van der Waals surface area contributed by atoms with Gasteiger partial charge in [0.05, 0.1) is 0 Å². The van der Waals surface area contributed by atoms with Crippen LogP contribution in [0.1, 0.15) is 27.0 Å². The zero-order valence-corrected chi connectivity index (χ0v) is 18.3. The zero-order valence-electron chi connectivity index (χ0n) is 17.5. The van der Waals surface area contributed by atoms with Crippen LogP contribution in [0, 0.1) is 36.0 Å². The van der Waals surface area contributed by atoms with Gasteiger partial charge in [-0.2, -0.15) is 4.31 Å². The molecule has 0 aromatic heterocycles. The highest BCUT2D eigenvalue weighted by Gasteiger charge is 2.33. The van der Waals surface area contributed by atoms with E-state index >= 15 is 0 Å². The van der Waals surface area contributed by atoms with Gasteiger partial charge in [0.1, 0.15) is 10.7 Å². The number of hydrogen-bond donors (Lipinski definition) is 2. The number of carbonyl (C=O) groups excluding carboxylic acids is 1. The van der Waals surface area contributed by atoms with Crippen molar-refractivity contribution >= 4 is 15.9 Å². The van der Waals surface area contributed by atoms with Gasteiger partial charge in [0.15, 0.2) is 23.3 Å². The Morgan fingerprint density at radius 1 is 0.882 bits per heavy atom. The van der Waals surface area contributed by atoms with E-state index in [2.05, 4.69) is 0 Å². The Morgan fingerprint density at radius 2 is 1.53 bits per heavy atom. The first-order valence-corrected chi connectivity index (χ1v) is 11.0. The lowest BCUT2D eigenvalue weighted by atomic mass is 10.1. The van der Waals surface area contributed by atoms with Crippen molar-refractivity contribution in [2.45, 2.75) is 24.9 Å². The van der Waals surface area contributed by atoms with Gasteiger partial charge in [0.2, 0.25) is 10.0 Å². The molecule has 3 aromatic rings. The number of nitrogens with one attached hydrogen (secondary N) is 1. The van der Waals surface area contributed by atoms with Gasteiger partial charge in [0, 0.05) is 30.3 Å². The number of sulfonamides is 1. The highest BCUT2D eigenvalue weighted by atomic mass is 32.2. The number of benzene rings is 3. The predicted molar refractivity (Wildman–Crippen MR) is 110 cm³/mol. The van der Waals surface area contributed by atoms with Crippen LogP contribution < -0.4 is 5.48 Å². The van der Waals surface area contributed by atoms with E-state index in [-0.39, 0.29) is 22.8 Å². The summed E-state index contributed by atoms with van der Waals surface area (Å²) >= 11 is 0. The molecule has 34 heavy (non-hydrogen) atoms. The fraction of sp³-hybridized carbons (Fsp3) is 0.136. The molecule has 0 saturated carbocycles. The van der Waals surface area contributed by atoms with E-state index in [1.165, 1.54) is 41.9 Å². The summed E-state index contributed by atoms with van der Waals surface area (Å²) in [5.74, 6) is -10.1. The van der Waals surface area contributed by atoms with Gasteiger partial charge < -0.3 is 0 Å². The normalized spacial score (nSPS) is 11.6. The largest absolute Gasteiger partial charge is 0.288 e. The maximum absolute atomic E-state index is 14.4. The molecule has 1 amide bonds. The standard InChI is InChI=1S/C22H17F5N2O4S/c1-12-2-5-15(16(23)8-12)11-29(10-13-3-6-14(7-4-13)22(30)28-31)34(32,33)18-9-17(24)19(25)21(27)20(18)26/h2-9,31H,10-11H2,1H3,(H,28,30). The lowest BCUT2D eigenvalue weighted by Gasteiger charge is -2.23. The molecular formula is C22H17F5N2O4S. The number of hydrogen-bond acceptors (Lipinski definition) is 4. The van der Waals surface area contributed by atoms with Crippen molar-refractivity contribution < 1.29 is 40.4 Å². The van der Waals surface area contributed by atoms with Gasteiger partial charge >= 0.3 is 0 Å². The highest BCUT2D eigenvalue weighted by molar-refractivity contribution is 7.89. The molecule has 3 rings (SSSR count). The lowest BCUT2D eigenvalue weighted by molar-refractivity contribution is 0.0706. The molecule has 0 saturated heterocycles. The van der Waals surface area contributed by atoms with Gasteiger partial charge in [-0.05, 0) is 36.2 Å². The van der Waals surface area contributed by atoms with Crippen LogP contribution in [-0.2, 0) is 23.1 Å². The summed E-state index contributed by atoms with van der Waals surface area (Å²) in [7, 11) is -5.02. The lowest BCUT2D eigenvalue weighted by Crippen LogP contribution is -2.32. The van der Waals surface area contributed by atoms with Gasteiger partial charge in [-0.15, -0.1) is 0 Å². The summed E-state index contributed by atoms with van der Waals surface area (Å²) in [6, 6.07) is 9.05. The van der Waals surface area contributed by atoms with Crippen LogP contribution >= 0.6 is 0 Å². The first-order chi connectivity index (χ1) is 15.9. The summed E-state index contributed by atoms with van der Waals surface area (Å²) in [6.07, 6.45) is 0. The monoisotopic (exact) mass is 500 g/mol. The third kappa shape index (κ3) is 5.08. The summed E-state index contributed by atoms with van der Waals surface area (Å²) in [4.78, 5) is 10.0. The minimum absolute atomic E-state index is 0.0102. The van der Waals surface area contributed by atoms with Crippen molar-refractivity contribution in [3.05, 3.63) is 99.9 Å². The molecule has 0 aliphatic heterocycles. The molecule has 12 heteroatoms. The quantitative estimate of drug-likeness (QED) is 0.167. The van der Waals surface area contributed by atoms with Crippen molar-refractivity contribution in [2.75, 3.05) is 0 Å². The number of rotatable bonds is 7. The molecular weight excluding hydrogens is 483 g/mol. The van der Waals surface area contributed by atoms with E-state index in [9.17, 15) is 35.2 Å². The van der Waals surface area contributed by atoms with Crippen LogP contribution in [0.5, 0.6) is 0 Å². The van der Waals surface area contributed by atoms with E-state index in [4.69, 9.17) is 5.21 Å². The second-order valence-electron chi connectivity index (χ2n) is 7.30. The van der Waals surface area contributed by atoms with Gasteiger partial charge in [0.25, 0.3) is 5.91 Å². The number of nitrogens with zero attached hydrogens (tertiary/aromatic N) is 1. The Morgan fingerprint density at radius 3 is 2.12 bits per heavy atom. The molecule has 0 heterocycles. The number of amides is 1. The van der Waals surface area contributed by atoms with Gasteiger partial charge in [-0.1, -0.05) is 24.3 Å². The molecule has 0 bridgehead atoms. The van der Waals surface area contributed by atoms with Crippen LogP contribution in [0.2, 0.25) is 0 Å². The topological polar surface area (TPSA) is 86.7 Å². The Hall–Kier alpha value is -3.35. The molecule has 2 N–H and O–H groups in total. The fourth-order valence-electron chi connectivity index (χ4n) is 3.10. The third-order valence-corrected chi connectivity index (χ3v) is 6.71. The number of hydroxylamine groups is 1. The molecule has 0 aliphatic rings. The molecule has 3 aromatic carbocycles. The van der Waals surface area contributed by atoms with Crippen molar-refractivity contribution in [1.82, 2.24) is 9.79 Å². The van der Waals surface area contributed by atoms with Crippen LogP contribution in [0.15, 0.2) is 53.4 Å². The second-order valence-corrected chi connectivity index (χ2v) is 9.21. The van der Waals surface area contributed by atoms with Crippen LogP contribution in [0.25, 0.3) is 0 Å². The minimum atomic E-state index is -5.02. The second kappa shape index (κ2) is 9.87.